The largest absolute Gasteiger partial charge is 0.460 e. The summed E-state index contributed by atoms with van der Waals surface area (Å²) in [7, 11) is -1.79. The summed E-state index contributed by atoms with van der Waals surface area (Å²) in [5, 5.41) is 0. The Hall–Kier alpha value is -3.08. The number of piperazine rings is 1. The molecule has 9 nitrogen and oxygen atoms in total. The summed E-state index contributed by atoms with van der Waals surface area (Å²) < 4.78 is 32.4. The van der Waals surface area contributed by atoms with E-state index in [4.69, 9.17) is 4.74 Å². The van der Waals surface area contributed by atoms with Gasteiger partial charge in [-0.2, -0.15) is 4.31 Å². The Labute approximate surface area is 186 Å². The molecule has 0 unspecified atom stereocenters. The molecular weight excluding hydrogens is 434 g/mol. The van der Waals surface area contributed by atoms with Crippen LogP contribution >= 0.6 is 0 Å². The van der Waals surface area contributed by atoms with Crippen LogP contribution in [-0.4, -0.2) is 86.7 Å². The molecule has 0 aliphatic carbocycles. The molecule has 0 atom stereocenters. The average Bonchev–Trinajstić information content (AvgIpc) is 3.04. The van der Waals surface area contributed by atoms with Crippen LogP contribution in [0.2, 0.25) is 0 Å². The van der Waals surface area contributed by atoms with Crippen molar-refractivity contribution >= 4 is 27.8 Å². The van der Waals surface area contributed by atoms with Crippen molar-refractivity contribution in [1.29, 1.82) is 0 Å². The van der Waals surface area contributed by atoms with Crippen molar-refractivity contribution in [3.63, 3.8) is 0 Å². The first-order valence-electron chi connectivity index (χ1n) is 10.2. The van der Waals surface area contributed by atoms with Gasteiger partial charge in [-0.1, -0.05) is 18.2 Å². The predicted octanol–water partition coefficient (Wildman–Crippen LogP) is 1.08. The molecule has 0 bridgehead atoms. The number of ether oxygens (including phenoxy) is 1. The molecule has 2 aromatic rings. The van der Waals surface area contributed by atoms with Crippen LogP contribution in [0.25, 0.3) is 0 Å². The Morgan fingerprint density at radius 3 is 2.19 bits per heavy atom. The number of likely N-dealkylation sites (N-methyl/N-ethyl adjacent to an activating group) is 1. The zero-order chi connectivity index (χ0) is 22.9. The lowest BCUT2D eigenvalue weighted by Crippen LogP contribution is -2.47. The predicted molar refractivity (Wildman–Crippen MR) is 115 cm³/mol. The van der Waals surface area contributed by atoms with Crippen LogP contribution < -0.4 is 0 Å². The van der Waals surface area contributed by atoms with Gasteiger partial charge in [-0.25, -0.2) is 13.2 Å². The fraction of sp³-hybridized carbons (Fsp3) is 0.318. The summed E-state index contributed by atoms with van der Waals surface area (Å²) in [4.78, 5) is 40.3. The highest BCUT2D eigenvalue weighted by molar-refractivity contribution is 7.89. The van der Waals surface area contributed by atoms with Gasteiger partial charge in [-0.15, -0.1) is 0 Å². The quantitative estimate of drug-likeness (QED) is 0.472. The van der Waals surface area contributed by atoms with Crippen LogP contribution in [-0.2, 0) is 14.8 Å². The van der Waals surface area contributed by atoms with Crippen molar-refractivity contribution in [1.82, 2.24) is 14.1 Å². The molecule has 0 spiro atoms. The molecule has 2 amide bonds. The Bertz CT molecular complexity index is 1140. The number of nitrogens with zero attached hydrogens (tertiary/aromatic N) is 3. The fourth-order valence-electron chi connectivity index (χ4n) is 3.72. The lowest BCUT2D eigenvalue weighted by atomic mass is 10.1. The van der Waals surface area contributed by atoms with E-state index in [1.165, 1.54) is 28.6 Å². The molecule has 0 N–H and O–H groups in total. The first kappa shape index (κ1) is 22.1. The van der Waals surface area contributed by atoms with Crippen LogP contribution in [0.5, 0.6) is 0 Å². The van der Waals surface area contributed by atoms with E-state index in [-0.39, 0.29) is 23.6 Å². The second-order valence-corrected chi connectivity index (χ2v) is 9.62. The molecule has 0 saturated carbocycles. The highest BCUT2D eigenvalue weighted by Crippen LogP contribution is 2.22. The number of imide groups is 1. The fourth-order valence-corrected chi connectivity index (χ4v) is 5.18. The molecule has 32 heavy (non-hydrogen) atoms. The van der Waals surface area contributed by atoms with Gasteiger partial charge in [0.05, 0.1) is 28.1 Å². The van der Waals surface area contributed by atoms with Gasteiger partial charge in [0.1, 0.15) is 6.61 Å². The van der Waals surface area contributed by atoms with Gasteiger partial charge in [0.15, 0.2) is 0 Å². The minimum Gasteiger partial charge on any atom is -0.460 e. The van der Waals surface area contributed by atoms with Gasteiger partial charge in [-0.3, -0.25) is 14.5 Å². The minimum absolute atomic E-state index is 0.0249. The van der Waals surface area contributed by atoms with E-state index in [9.17, 15) is 22.8 Å². The number of benzene rings is 2. The summed E-state index contributed by atoms with van der Waals surface area (Å²) in [6, 6.07) is 12.2. The normalized spacial score (nSPS) is 17.5. The second kappa shape index (κ2) is 8.81. The summed E-state index contributed by atoms with van der Waals surface area (Å²) in [5.74, 6) is -1.58. The van der Waals surface area contributed by atoms with Gasteiger partial charge < -0.3 is 9.64 Å². The molecule has 2 heterocycles. The molecule has 1 saturated heterocycles. The molecule has 2 aliphatic heterocycles. The number of amides is 2. The van der Waals surface area contributed by atoms with Gasteiger partial charge in [0, 0.05) is 26.2 Å². The first-order valence-corrected chi connectivity index (χ1v) is 11.6. The molecule has 4 rings (SSSR count). The van der Waals surface area contributed by atoms with Gasteiger partial charge in [0.2, 0.25) is 10.0 Å². The summed E-state index contributed by atoms with van der Waals surface area (Å²) in [6.45, 7) is 1.76. The number of hydrogen-bond donors (Lipinski definition) is 0. The van der Waals surface area contributed by atoms with Crippen molar-refractivity contribution in [2.24, 2.45) is 0 Å². The number of rotatable bonds is 6. The third kappa shape index (κ3) is 4.16. The second-order valence-electron chi connectivity index (χ2n) is 7.68. The third-order valence-corrected chi connectivity index (χ3v) is 7.49. The SMILES string of the molecule is CN1CCN(S(=O)(=O)c2cccc(C(=O)OCCN3C(=O)c4ccccc4C3=O)c2)CC1. The highest BCUT2D eigenvalue weighted by atomic mass is 32.2. The smallest absolute Gasteiger partial charge is 0.338 e. The molecule has 0 aromatic heterocycles. The molecule has 0 radical (unpaired) electrons. The number of hydrogen-bond acceptors (Lipinski definition) is 7. The van der Waals surface area contributed by atoms with Gasteiger partial charge >= 0.3 is 5.97 Å². The number of carbonyl (C=O) groups is 3. The van der Waals surface area contributed by atoms with Gasteiger partial charge in [-0.05, 0) is 37.4 Å². The van der Waals surface area contributed by atoms with Crippen LogP contribution in [0.3, 0.4) is 0 Å². The topological polar surface area (TPSA) is 104 Å². The van der Waals surface area contributed by atoms with Gasteiger partial charge in [0.25, 0.3) is 11.8 Å². The molecule has 168 valence electrons. The zero-order valence-electron chi connectivity index (χ0n) is 17.6. The summed E-state index contributed by atoms with van der Waals surface area (Å²) in [5.41, 5.74) is 0.735. The Morgan fingerprint density at radius 2 is 1.56 bits per heavy atom. The highest BCUT2D eigenvalue weighted by Gasteiger charge is 2.35. The minimum atomic E-state index is -3.72. The van der Waals surface area contributed by atoms with Crippen molar-refractivity contribution in [3.8, 4) is 0 Å². The third-order valence-electron chi connectivity index (χ3n) is 5.60. The Morgan fingerprint density at radius 1 is 0.938 bits per heavy atom. The lowest BCUT2D eigenvalue weighted by Gasteiger charge is -2.31. The number of sulfonamides is 1. The summed E-state index contributed by atoms with van der Waals surface area (Å²) in [6.07, 6.45) is 0. The average molecular weight is 458 g/mol. The first-order chi connectivity index (χ1) is 15.3. The van der Waals surface area contributed by atoms with E-state index in [1.54, 1.807) is 24.3 Å². The molecule has 2 aromatic carbocycles. The Balaban J connectivity index is 1.39. The van der Waals surface area contributed by atoms with E-state index < -0.39 is 27.8 Å². The number of esters is 1. The van der Waals surface area contributed by atoms with Crippen molar-refractivity contribution in [2.75, 3.05) is 46.4 Å². The van der Waals surface area contributed by atoms with Crippen molar-refractivity contribution < 1.29 is 27.5 Å². The van der Waals surface area contributed by atoms with E-state index in [0.29, 0.717) is 37.3 Å². The summed E-state index contributed by atoms with van der Waals surface area (Å²) >= 11 is 0. The van der Waals surface area contributed by atoms with Crippen LogP contribution in [0.1, 0.15) is 31.1 Å². The molecular formula is C22H23N3O6S. The van der Waals surface area contributed by atoms with Crippen LogP contribution in [0.15, 0.2) is 53.4 Å². The standard InChI is InChI=1S/C22H23N3O6S/c1-23-9-11-24(12-10-23)32(29,30)17-6-4-5-16(15-17)22(28)31-14-13-25-20(26)18-7-2-3-8-19(18)21(25)27/h2-8,15H,9-14H2,1H3. The maximum absolute atomic E-state index is 12.9. The maximum Gasteiger partial charge on any atom is 0.338 e. The van der Waals surface area contributed by atoms with Crippen molar-refractivity contribution in [3.05, 3.63) is 65.2 Å². The van der Waals surface area contributed by atoms with Crippen LogP contribution in [0, 0.1) is 0 Å². The maximum atomic E-state index is 12.9. The molecule has 10 heteroatoms. The molecule has 2 aliphatic rings. The van der Waals surface area contributed by atoms with E-state index in [0.717, 1.165) is 4.90 Å². The van der Waals surface area contributed by atoms with Crippen molar-refractivity contribution in [2.45, 2.75) is 4.90 Å². The van der Waals surface area contributed by atoms with E-state index in [2.05, 4.69) is 0 Å². The van der Waals surface area contributed by atoms with Crippen LogP contribution in [0.4, 0.5) is 0 Å². The number of carbonyl (C=O) groups excluding carboxylic acids is 3. The lowest BCUT2D eigenvalue weighted by molar-refractivity contribution is 0.0420. The Kier molecular flexibility index (Phi) is 6.09. The monoisotopic (exact) mass is 457 g/mol. The van der Waals surface area contributed by atoms with E-state index >= 15 is 0 Å². The zero-order valence-corrected chi connectivity index (χ0v) is 18.4. The van der Waals surface area contributed by atoms with E-state index in [1.807, 2.05) is 11.9 Å². The molecule has 1 fully saturated rings. The number of fused-ring (bicyclic) bond motifs is 1.